The summed E-state index contributed by atoms with van der Waals surface area (Å²) in [7, 11) is 0. The number of benzene rings is 2. The lowest BCUT2D eigenvalue weighted by atomic mass is 9.83. The van der Waals surface area contributed by atoms with Crippen molar-refractivity contribution in [2.24, 2.45) is 0 Å². The van der Waals surface area contributed by atoms with E-state index in [1.54, 1.807) is 0 Å². The van der Waals surface area contributed by atoms with Gasteiger partial charge in [-0.2, -0.15) is 0 Å². The Labute approximate surface area is 173 Å². The molecule has 4 rings (SSSR count). The van der Waals surface area contributed by atoms with E-state index in [4.69, 9.17) is 9.47 Å². The Balaban J connectivity index is 1.42. The number of carbonyl (C=O) groups excluding carboxylic acids is 1. The molecule has 1 amide bonds. The SMILES string of the molecule is CCC1(CC)CC(NC(=O)COc2ccc3c(c2)CCCC3)c2ccccc2O1. The van der Waals surface area contributed by atoms with Crippen LogP contribution in [-0.2, 0) is 17.6 Å². The zero-order valence-corrected chi connectivity index (χ0v) is 17.5. The fourth-order valence-corrected chi connectivity index (χ4v) is 4.61. The minimum absolute atomic E-state index is 0.0313. The molecule has 1 unspecified atom stereocenters. The molecule has 2 aromatic rings. The maximum atomic E-state index is 12.7. The molecular weight excluding hydrogens is 362 g/mol. The first kappa shape index (κ1) is 19.8. The maximum absolute atomic E-state index is 12.7. The molecule has 0 aromatic heterocycles. The Kier molecular flexibility index (Phi) is 5.79. The van der Waals surface area contributed by atoms with E-state index < -0.39 is 0 Å². The van der Waals surface area contributed by atoms with Crippen LogP contribution in [0.2, 0.25) is 0 Å². The molecule has 29 heavy (non-hydrogen) atoms. The van der Waals surface area contributed by atoms with Crippen molar-refractivity contribution in [1.82, 2.24) is 5.32 Å². The van der Waals surface area contributed by atoms with Crippen molar-refractivity contribution in [3.8, 4) is 11.5 Å². The largest absolute Gasteiger partial charge is 0.487 e. The van der Waals surface area contributed by atoms with E-state index >= 15 is 0 Å². The number of nitrogens with one attached hydrogen (secondary N) is 1. The van der Waals surface area contributed by atoms with Gasteiger partial charge in [0.15, 0.2) is 6.61 Å². The normalized spacial score (nSPS) is 19.4. The molecule has 0 saturated carbocycles. The van der Waals surface area contributed by atoms with Crippen LogP contribution in [0.5, 0.6) is 11.5 Å². The van der Waals surface area contributed by atoms with Crippen molar-refractivity contribution in [3.63, 3.8) is 0 Å². The van der Waals surface area contributed by atoms with E-state index in [-0.39, 0.29) is 24.2 Å². The lowest BCUT2D eigenvalue weighted by molar-refractivity contribution is -0.124. The summed E-state index contributed by atoms with van der Waals surface area (Å²) in [6, 6.07) is 14.2. The predicted molar refractivity (Wildman–Crippen MR) is 114 cm³/mol. The molecule has 1 N–H and O–H groups in total. The lowest BCUT2D eigenvalue weighted by Gasteiger charge is -2.41. The second-order valence-corrected chi connectivity index (χ2v) is 8.28. The third-order valence-electron chi connectivity index (χ3n) is 6.51. The standard InChI is InChI=1S/C25H31NO3/c1-3-25(4-2)16-22(21-11-7-8-12-23(21)29-25)26-24(27)17-28-20-14-13-18-9-5-6-10-19(18)15-20/h7-8,11-15,22H,3-6,9-10,16-17H2,1-2H3,(H,26,27). The van der Waals surface area contributed by atoms with E-state index in [1.807, 2.05) is 30.3 Å². The molecule has 0 fully saturated rings. The van der Waals surface area contributed by atoms with Crippen molar-refractivity contribution < 1.29 is 14.3 Å². The summed E-state index contributed by atoms with van der Waals surface area (Å²) in [6.07, 6.45) is 7.35. The highest BCUT2D eigenvalue weighted by atomic mass is 16.5. The molecule has 0 bridgehead atoms. The number of rotatable bonds is 6. The fourth-order valence-electron chi connectivity index (χ4n) is 4.61. The van der Waals surface area contributed by atoms with Gasteiger partial charge >= 0.3 is 0 Å². The van der Waals surface area contributed by atoms with Crippen LogP contribution in [0.3, 0.4) is 0 Å². The number of para-hydroxylation sites is 1. The Morgan fingerprint density at radius 2 is 1.86 bits per heavy atom. The maximum Gasteiger partial charge on any atom is 0.258 e. The van der Waals surface area contributed by atoms with Crippen molar-refractivity contribution in [2.75, 3.05) is 6.61 Å². The van der Waals surface area contributed by atoms with E-state index in [1.165, 1.54) is 24.0 Å². The molecule has 0 saturated heterocycles. The molecule has 154 valence electrons. The Bertz CT molecular complexity index is 872. The summed E-state index contributed by atoms with van der Waals surface area (Å²) in [5, 5.41) is 3.19. The molecule has 2 aromatic carbocycles. The number of amides is 1. The van der Waals surface area contributed by atoms with E-state index in [0.717, 1.165) is 49.2 Å². The number of carbonyl (C=O) groups is 1. The average molecular weight is 394 g/mol. The van der Waals surface area contributed by atoms with E-state index in [2.05, 4.69) is 31.3 Å². The van der Waals surface area contributed by atoms with Gasteiger partial charge in [0, 0.05) is 12.0 Å². The minimum atomic E-state index is -0.231. The van der Waals surface area contributed by atoms with Gasteiger partial charge in [0.1, 0.15) is 17.1 Å². The first-order valence-electron chi connectivity index (χ1n) is 10.9. The summed E-state index contributed by atoms with van der Waals surface area (Å²) < 4.78 is 12.2. The molecule has 1 atom stereocenters. The monoisotopic (exact) mass is 393 g/mol. The molecule has 1 aliphatic carbocycles. The predicted octanol–water partition coefficient (Wildman–Crippen LogP) is 5.14. The van der Waals surface area contributed by atoms with Crippen molar-refractivity contribution in [1.29, 1.82) is 0 Å². The molecule has 1 aliphatic heterocycles. The van der Waals surface area contributed by atoms with Crippen LogP contribution in [0.25, 0.3) is 0 Å². The summed E-state index contributed by atoms with van der Waals surface area (Å²) in [5.74, 6) is 1.57. The highest BCUT2D eigenvalue weighted by Gasteiger charge is 2.38. The third-order valence-corrected chi connectivity index (χ3v) is 6.51. The fraction of sp³-hybridized carbons (Fsp3) is 0.480. The number of hydrogen-bond donors (Lipinski definition) is 1. The summed E-state index contributed by atoms with van der Waals surface area (Å²) in [6.45, 7) is 4.33. The molecule has 1 heterocycles. The minimum Gasteiger partial charge on any atom is -0.487 e. The Morgan fingerprint density at radius 1 is 1.10 bits per heavy atom. The van der Waals surface area contributed by atoms with Gasteiger partial charge in [-0.15, -0.1) is 0 Å². The number of hydrogen-bond acceptors (Lipinski definition) is 3. The quantitative estimate of drug-likeness (QED) is 0.739. The van der Waals surface area contributed by atoms with Crippen LogP contribution in [0.4, 0.5) is 0 Å². The zero-order valence-electron chi connectivity index (χ0n) is 17.5. The average Bonchev–Trinajstić information content (AvgIpc) is 2.77. The Hall–Kier alpha value is -2.49. The molecule has 4 nitrogen and oxygen atoms in total. The number of ether oxygens (including phenoxy) is 2. The molecule has 2 aliphatic rings. The topological polar surface area (TPSA) is 47.6 Å². The van der Waals surface area contributed by atoms with Gasteiger partial charge in [-0.25, -0.2) is 0 Å². The molecular formula is C25H31NO3. The van der Waals surface area contributed by atoms with Gasteiger partial charge in [0.25, 0.3) is 5.91 Å². The smallest absolute Gasteiger partial charge is 0.258 e. The second kappa shape index (κ2) is 8.48. The molecule has 4 heteroatoms. The van der Waals surface area contributed by atoms with Gasteiger partial charge in [0.2, 0.25) is 0 Å². The lowest BCUT2D eigenvalue weighted by Crippen LogP contribution is -2.45. The number of fused-ring (bicyclic) bond motifs is 2. The second-order valence-electron chi connectivity index (χ2n) is 8.28. The summed E-state index contributed by atoms with van der Waals surface area (Å²) in [5.41, 5.74) is 3.60. The van der Waals surface area contributed by atoms with Gasteiger partial charge in [-0.05, 0) is 67.9 Å². The van der Waals surface area contributed by atoms with Crippen molar-refractivity contribution in [2.45, 2.75) is 70.4 Å². The van der Waals surface area contributed by atoms with Crippen molar-refractivity contribution >= 4 is 5.91 Å². The van der Waals surface area contributed by atoms with Crippen LogP contribution < -0.4 is 14.8 Å². The highest BCUT2D eigenvalue weighted by Crippen LogP contribution is 2.42. The number of aryl methyl sites for hydroxylation is 2. The van der Waals surface area contributed by atoms with Gasteiger partial charge in [-0.1, -0.05) is 38.1 Å². The first-order valence-corrected chi connectivity index (χ1v) is 10.9. The zero-order chi connectivity index (χ0) is 20.3. The molecule has 0 spiro atoms. The third kappa shape index (κ3) is 4.26. The van der Waals surface area contributed by atoms with Crippen LogP contribution in [0.1, 0.15) is 68.7 Å². The van der Waals surface area contributed by atoms with Crippen LogP contribution in [-0.4, -0.2) is 18.1 Å². The van der Waals surface area contributed by atoms with Crippen LogP contribution >= 0.6 is 0 Å². The van der Waals surface area contributed by atoms with E-state index in [0.29, 0.717) is 0 Å². The summed E-state index contributed by atoms with van der Waals surface area (Å²) >= 11 is 0. The Morgan fingerprint density at radius 3 is 2.66 bits per heavy atom. The first-order chi connectivity index (χ1) is 14.1. The van der Waals surface area contributed by atoms with Crippen LogP contribution in [0.15, 0.2) is 42.5 Å². The summed E-state index contributed by atoms with van der Waals surface area (Å²) in [4.78, 5) is 12.7. The van der Waals surface area contributed by atoms with Crippen LogP contribution in [0, 0.1) is 0 Å². The highest BCUT2D eigenvalue weighted by molar-refractivity contribution is 5.78. The van der Waals surface area contributed by atoms with Gasteiger partial charge < -0.3 is 14.8 Å². The van der Waals surface area contributed by atoms with E-state index in [9.17, 15) is 4.79 Å². The van der Waals surface area contributed by atoms with Gasteiger partial charge in [-0.3, -0.25) is 4.79 Å². The van der Waals surface area contributed by atoms with Gasteiger partial charge in [0.05, 0.1) is 6.04 Å². The molecule has 0 radical (unpaired) electrons. The van der Waals surface area contributed by atoms with Crippen molar-refractivity contribution in [3.05, 3.63) is 59.2 Å².